The van der Waals surface area contributed by atoms with Gasteiger partial charge in [-0.3, -0.25) is 0 Å². The number of benzene rings is 2. The fourth-order valence-corrected chi connectivity index (χ4v) is 6.56. The minimum Gasteiger partial charge on any atom is -0.455 e. The minimum absolute atomic E-state index is 0.0996. The molecule has 2 nitrogen and oxygen atoms in total. The van der Waals surface area contributed by atoms with Crippen LogP contribution >= 0.6 is 0 Å². The van der Waals surface area contributed by atoms with Gasteiger partial charge < -0.3 is 9.47 Å². The van der Waals surface area contributed by atoms with E-state index < -0.39 is 5.79 Å². The van der Waals surface area contributed by atoms with Crippen LogP contribution in [0.4, 0.5) is 0 Å². The molecule has 25 heavy (non-hydrogen) atoms. The summed E-state index contributed by atoms with van der Waals surface area (Å²) in [5.41, 5.74) is 1.09. The largest absolute Gasteiger partial charge is 0.455 e. The van der Waals surface area contributed by atoms with Crippen LogP contribution in [0.2, 0.25) is 0 Å². The molecule has 2 aromatic carbocycles. The zero-order chi connectivity index (χ0) is 16.5. The van der Waals surface area contributed by atoms with Gasteiger partial charge in [-0.15, -0.1) is 0 Å². The molecule has 1 atom stereocenters. The second-order valence-electron chi connectivity index (χ2n) is 8.60. The van der Waals surface area contributed by atoms with Crippen molar-refractivity contribution in [3.8, 4) is 5.75 Å². The number of hydrogen-bond acceptors (Lipinski definition) is 2. The van der Waals surface area contributed by atoms with Crippen molar-refractivity contribution < 1.29 is 9.47 Å². The molecule has 4 aliphatic carbocycles. The van der Waals surface area contributed by atoms with E-state index in [1.165, 1.54) is 37.7 Å². The van der Waals surface area contributed by atoms with E-state index in [0.29, 0.717) is 11.8 Å². The Balaban J connectivity index is 1.45. The monoisotopic (exact) mass is 332 g/mol. The lowest BCUT2D eigenvalue weighted by Crippen LogP contribution is -2.54. The lowest BCUT2D eigenvalue weighted by molar-refractivity contribution is -0.0600. The minimum atomic E-state index is -0.585. The average molecular weight is 332 g/mol. The molecule has 128 valence electrons. The Morgan fingerprint density at radius 2 is 1.28 bits per heavy atom. The Bertz CT molecular complexity index is 756. The smallest absolute Gasteiger partial charge is 0.268 e. The summed E-state index contributed by atoms with van der Waals surface area (Å²) in [6, 6.07) is 20.9. The fraction of sp³-hybridized carbons (Fsp3) is 0.478. The molecule has 5 fully saturated rings. The molecule has 0 N–H and O–H groups in total. The summed E-state index contributed by atoms with van der Waals surface area (Å²) in [4.78, 5) is 0. The molecule has 0 amide bonds. The van der Waals surface area contributed by atoms with E-state index in [-0.39, 0.29) is 5.60 Å². The van der Waals surface area contributed by atoms with Gasteiger partial charge in [-0.05, 0) is 67.9 Å². The Labute approximate surface area is 149 Å². The van der Waals surface area contributed by atoms with Crippen molar-refractivity contribution in [2.24, 2.45) is 23.7 Å². The predicted molar refractivity (Wildman–Crippen MR) is 96.1 cm³/mol. The summed E-state index contributed by atoms with van der Waals surface area (Å²) in [7, 11) is 0. The normalized spacial score (nSPS) is 43.4. The van der Waals surface area contributed by atoms with E-state index in [4.69, 9.17) is 9.47 Å². The molecule has 4 saturated carbocycles. The van der Waals surface area contributed by atoms with Gasteiger partial charge in [-0.1, -0.05) is 48.5 Å². The molecule has 2 heteroatoms. The Morgan fingerprint density at radius 3 is 1.88 bits per heavy atom. The summed E-state index contributed by atoms with van der Waals surface area (Å²) in [6.45, 7) is 0. The summed E-state index contributed by atoms with van der Waals surface area (Å²) >= 11 is 0. The van der Waals surface area contributed by atoms with Crippen LogP contribution in [0.1, 0.15) is 37.7 Å². The van der Waals surface area contributed by atoms with Gasteiger partial charge in [0.05, 0.1) is 0 Å². The second-order valence-corrected chi connectivity index (χ2v) is 8.60. The summed E-state index contributed by atoms with van der Waals surface area (Å²) in [5.74, 6) is 3.51. The standard InChI is InChI=1S/C23H24O2/c1-3-7-18(8-4-1)23(24-21-9-5-2-6-10-21)22(25-23)19-12-16-11-17(14-19)15-20(22)13-16/h1-10,16-17,19-20H,11-15H2. The van der Waals surface area contributed by atoms with Gasteiger partial charge in [0.15, 0.2) is 0 Å². The molecule has 4 bridgehead atoms. The first-order valence-corrected chi connectivity index (χ1v) is 9.80. The SMILES string of the molecule is c1ccc(OC2(c3ccccc3)OC23C2CC4CC(C2)CC3C4)cc1. The van der Waals surface area contributed by atoms with E-state index in [1.807, 2.05) is 18.2 Å². The third-order valence-electron chi connectivity index (χ3n) is 7.30. The van der Waals surface area contributed by atoms with Crippen LogP contribution in [-0.4, -0.2) is 5.60 Å². The third-order valence-corrected chi connectivity index (χ3v) is 7.30. The van der Waals surface area contributed by atoms with Crippen molar-refractivity contribution in [2.45, 2.75) is 43.5 Å². The highest BCUT2D eigenvalue weighted by molar-refractivity contribution is 5.37. The molecule has 1 spiro atoms. The lowest BCUT2D eigenvalue weighted by Gasteiger charge is -2.54. The van der Waals surface area contributed by atoms with Gasteiger partial charge >= 0.3 is 0 Å². The van der Waals surface area contributed by atoms with Crippen LogP contribution in [-0.2, 0) is 10.5 Å². The topological polar surface area (TPSA) is 21.8 Å². The molecular weight excluding hydrogens is 308 g/mol. The number of rotatable bonds is 3. The van der Waals surface area contributed by atoms with Crippen molar-refractivity contribution in [3.63, 3.8) is 0 Å². The third kappa shape index (κ3) is 1.84. The van der Waals surface area contributed by atoms with Gasteiger partial charge in [0.2, 0.25) is 0 Å². The fourth-order valence-electron chi connectivity index (χ4n) is 6.56. The molecule has 1 unspecified atom stereocenters. The zero-order valence-corrected chi connectivity index (χ0v) is 14.4. The highest BCUT2D eigenvalue weighted by Crippen LogP contribution is 2.74. The first-order chi connectivity index (χ1) is 12.3. The molecule has 1 aliphatic heterocycles. The van der Waals surface area contributed by atoms with Crippen LogP contribution in [0.25, 0.3) is 0 Å². The van der Waals surface area contributed by atoms with Crippen molar-refractivity contribution in [2.75, 3.05) is 0 Å². The quantitative estimate of drug-likeness (QED) is 0.726. The summed E-state index contributed by atoms with van der Waals surface area (Å²) < 4.78 is 13.4. The van der Waals surface area contributed by atoms with E-state index in [1.54, 1.807) is 0 Å². The van der Waals surface area contributed by atoms with Gasteiger partial charge in [0.1, 0.15) is 11.4 Å². The van der Waals surface area contributed by atoms with E-state index in [2.05, 4.69) is 42.5 Å². The van der Waals surface area contributed by atoms with Crippen LogP contribution in [0, 0.1) is 23.7 Å². The van der Waals surface area contributed by atoms with Gasteiger partial charge in [-0.25, -0.2) is 0 Å². The maximum absolute atomic E-state index is 6.74. The molecule has 7 rings (SSSR count). The highest BCUT2D eigenvalue weighted by atomic mass is 16.8. The maximum atomic E-state index is 6.74. The van der Waals surface area contributed by atoms with Gasteiger partial charge in [0, 0.05) is 5.56 Å². The molecular formula is C23H24O2. The van der Waals surface area contributed by atoms with Crippen LogP contribution in [0.15, 0.2) is 60.7 Å². The maximum Gasteiger partial charge on any atom is 0.268 e. The summed E-state index contributed by atoms with van der Waals surface area (Å²) in [5, 5.41) is 0. The molecule has 0 radical (unpaired) electrons. The first-order valence-electron chi connectivity index (χ1n) is 9.80. The second kappa shape index (κ2) is 4.88. The molecule has 2 aromatic rings. The summed E-state index contributed by atoms with van der Waals surface area (Å²) in [6.07, 6.45) is 6.79. The number of hydrogen-bond donors (Lipinski definition) is 0. The van der Waals surface area contributed by atoms with Crippen LogP contribution in [0.5, 0.6) is 5.75 Å². The Kier molecular flexibility index (Phi) is 2.81. The van der Waals surface area contributed by atoms with Crippen LogP contribution < -0.4 is 4.74 Å². The first kappa shape index (κ1) is 14.4. The van der Waals surface area contributed by atoms with Crippen molar-refractivity contribution in [3.05, 3.63) is 66.2 Å². The zero-order valence-electron chi connectivity index (χ0n) is 14.4. The van der Waals surface area contributed by atoms with Crippen molar-refractivity contribution in [1.29, 1.82) is 0 Å². The predicted octanol–water partition coefficient (Wildman–Crippen LogP) is 5.14. The lowest BCUT2D eigenvalue weighted by atomic mass is 9.50. The number of ether oxygens (including phenoxy) is 2. The van der Waals surface area contributed by atoms with E-state index in [9.17, 15) is 0 Å². The van der Waals surface area contributed by atoms with E-state index >= 15 is 0 Å². The van der Waals surface area contributed by atoms with Crippen molar-refractivity contribution >= 4 is 0 Å². The number of para-hydroxylation sites is 1. The van der Waals surface area contributed by atoms with Crippen LogP contribution in [0.3, 0.4) is 0 Å². The molecule has 1 heterocycles. The molecule has 5 aliphatic rings. The van der Waals surface area contributed by atoms with E-state index in [0.717, 1.165) is 17.6 Å². The Hall–Kier alpha value is -1.80. The number of epoxide rings is 1. The molecule has 1 saturated heterocycles. The van der Waals surface area contributed by atoms with Crippen molar-refractivity contribution in [1.82, 2.24) is 0 Å². The Morgan fingerprint density at radius 1 is 0.720 bits per heavy atom. The molecule has 0 aromatic heterocycles. The van der Waals surface area contributed by atoms with Gasteiger partial charge in [-0.2, -0.15) is 0 Å². The average Bonchev–Trinajstić information content (AvgIpc) is 3.31. The highest BCUT2D eigenvalue weighted by Gasteiger charge is 2.82. The van der Waals surface area contributed by atoms with Gasteiger partial charge in [0.25, 0.3) is 5.79 Å².